The molecule has 7 rings (SSSR count). The predicted octanol–water partition coefficient (Wildman–Crippen LogP) is 2.85. The first kappa shape index (κ1) is 44.9. The van der Waals surface area contributed by atoms with E-state index in [1.807, 2.05) is 24.3 Å². The number of hydrogen-bond acceptors (Lipinski definition) is 13. The largest absolute Gasteiger partial charge is 0.490 e. The summed E-state index contributed by atoms with van der Waals surface area (Å²) < 4.78 is 55.8. The first-order chi connectivity index (χ1) is 29.5. The fourth-order valence-electron chi connectivity index (χ4n) is 8.23. The van der Waals surface area contributed by atoms with E-state index in [1.165, 1.54) is 9.80 Å². The number of sulfonamides is 1. The molecular weight excluding hydrogens is 829 g/mol. The molecule has 19 nitrogen and oxygen atoms in total. The van der Waals surface area contributed by atoms with Crippen molar-refractivity contribution in [2.75, 3.05) is 46.1 Å². The predicted molar refractivity (Wildman–Crippen MR) is 220 cm³/mol. The molecule has 6 amide bonds. The Hall–Kier alpha value is -5.11. The summed E-state index contributed by atoms with van der Waals surface area (Å²) in [5, 5.41) is 4.85. The average molecular weight is 887 g/mol. The Labute approximate surface area is 361 Å². The summed E-state index contributed by atoms with van der Waals surface area (Å²) in [6.45, 7) is 7.43. The molecule has 2 saturated heterocycles. The van der Waals surface area contributed by atoms with E-state index in [0.717, 1.165) is 24.0 Å². The maximum Gasteiger partial charge on any atom is 0.410 e. The molecule has 4 heterocycles. The van der Waals surface area contributed by atoms with Gasteiger partial charge in [-0.15, -0.1) is 0 Å². The maximum atomic E-state index is 14.5. The highest BCUT2D eigenvalue weighted by molar-refractivity contribution is 7.91. The fourth-order valence-corrected chi connectivity index (χ4v) is 9.59. The van der Waals surface area contributed by atoms with Gasteiger partial charge >= 0.3 is 18.3 Å². The molecule has 4 aliphatic heterocycles. The second-order valence-electron chi connectivity index (χ2n) is 17.8. The van der Waals surface area contributed by atoms with Crippen LogP contribution in [0.25, 0.3) is 0 Å². The Morgan fingerprint density at radius 2 is 1.71 bits per heavy atom. The summed E-state index contributed by atoms with van der Waals surface area (Å²) in [5.74, 6) is -2.08. The highest BCUT2D eigenvalue weighted by Crippen LogP contribution is 2.46. The number of morpholine rings is 1. The topological polar surface area (TPSA) is 229 Å². The Kier molecular flexibility index (Phi) is 13.6. The zero-order chi connectivity index (χ0) is 44.2. The van der Waals surface area contributed by atoms with Gasteiger partial charge in [0.1, 0.15) is 48.3 Å². The number of nitrogens with one attached hydrogen (secondary N) is 3. The van der Waals surface area contributed by atoms with Crippen molar-refractivity contribution >= 4 is 46.0 Å². The second kappa shape index (κ2) is 18.7. The number of ether oxygens (including phenoxy) is 5. The Balaban J connectivity index is 1.03. The number of hydrogen-bond donors (Lipinski definition) is 3. The zero-order valence-electron chi connectivity index (χ0n) is 35.6. The van der Waals surface area contributed by atoms with Crippen LogP contribution in [0.15, 0.2) is 30.4 Å². The monoisotopic (exact) mass is 886 g/mol. The SMILES string of the molecule is CC(C)(C)OC(=O)N[C@H]1CCCCC/C=C\[C@@H]2C[C@@]2(C(=O)NS(=O)(=O)C2CC2)NC(=O)C2C[C@@H](OC(=O)N3Cc4ccc(OCCOC(=O)N5CCOCC5)cc4C3)CN2C1=O. The minimum Gasteiger partial charge on any atom is -0.490 e. The lowest BCUT2D eigenvalue weighted by Gasteiger charge is -2.30. The summed E-state index contributed by atoms with van der Waals surface area (Å²) in [6.07, 6.45) is 4.79. The van der Waals surface area contributed by atoms with E-state index in [0.29, 0.717) is 57.7 Å². The average Bonchev–Trinajstić information content (AvgIpc) is 4.11. The summed E-state index contributed by atoms with van der Waals surface area (Å²) in [7, 11) is -3.94. The molecule has 0 radical (unpaired) electrons. The smallest absolute Gasteiger partial charge is 0.410 e. The van der Waals surface area contributed by atoms with Crippen molar-refractivity contribution in [2.45, 2.75) is 126 Å². The van der Waals surface area contributed by atoms with Gasteiger partial charge in [0.05, 0.1) is 25.0 Å². The van der Waals surface area contributed by atoms with Crippen LogP contribution in [-0.4, -0.2) is 140 Å². The van der Waals surface area contributed by atoms with Crippen molar-refractivity contribution in [3.63, 3.8) is 0 Å². The molecular formula is C42H58N6O13S. The molecule has 1 unspecified atom stereocenters. The van der Waals surface area contributed by atoms with Gasteiger partial charge in [0.25, 0.3) is 5.91 Å². The number of nitrogens with zero attached hydrogens (tertiary/aromatic N) is 3. The summed E-state index contributed by atoms with van der Waals surface area (Å²) in [6, 6.07) is 3.10. The van der Waals surface area contributed by atoms with E-state index in [4.69, 9.17) is 23.7 Å². The van der Waals surface area contributed by atoms with Crippen LogP contribution < -0.4 is 20.1 Å². The molecule has 340 valence electrons. The van der Waals surface area contributed by atoms with Crippen LogP contribution in [-0.2, 0) is 56.4 Å². The van der Waals surface area contributed by atoms with Crippen molar-refractivity contribution in [1.29, 1.82) is 0 Å². The number of rotatable bonds is 9. The number of fused-ring (bicyclic) bond motifs is 3. The van der Waals surface area contributed by atoms with Crippen molar-refractivity contribution < 1.29 is 60.9 Å². The maximum absolute atomic E-state index is 14.5. The molecule has 2 saturated carbocycles. The zero-order valence-corrected chi connectivity index (χ0v) is 36.4. The standard InChI is InChI=1S/C42H58N6O13S/c1-41(2,3)61-38(52)43-33-10-8-6-4-5-7-9-29-23-42(29,37(51)45-62(55,56)32-13-14-32)44-35(49)34-22-31(26-48(34)36(33)50)60-40(54)47-24-27-11-12-30(21-28(27)25-47)58-19-20-59-39(53)46-15-17-57-18-16-46/h7,9,11-12,21,29,31-34H,4-6,8,10,13-20,22-26H2,1-3H3,(H,43,52)(H,44,49)(H,45,51)/b9-7-/t29-,31-,33+,34?,42-/m1/s1. The summed E-state index contributed by atoms with van der Waals surface area (Å²) >= 11 is 0. The molecule has 6 aliphatic rings. The van der Waals surface area contributed by atoms with E-state index in [1.54, 1.807) is 31.7 Å². The van der Waals surface area contributed by atoms with Gasteiger partial charge in [-0.2, -0.15) is 0 Å². The molecule has 0 aromatic heterocycles. The quantitative estimate of drug-likeness (QED) is 0.184. The van der Waals surface area contributed by atoms with Crippen LogP contribution in [0.3, 0.4) is 0 Å². The van der Waals surface area contributed by atoms with Gasteiger partial charge in [-0.3, -0.25) is 24.0 Å². The van der Waals surface area contributed by atoms with Crippen molar-refractivity contribution in [1.82, 2.24) is 30.1 Å². The Morgan fingerprint density at radius 1 is 0.952 bits per heavy atom. The van der Waals surface area contributed by atoms with Gasteiger partial charge in [-0.05, 0) is 82.6 Å². The molecule has 62 heavy (non-hydrogen) atoms. The third kappa shape index (κ3) is 11.1. The van der Waals surface area contributed by atoms with Crippen molar-refractivity contribution in [2.24, 2.45) is 5.92 Å². The molecule has 0 bridgehead atoms. The summed E-state index contributed by atoms with van der Waals surface area (Å²) in [5.41, 5.74) is -0.709. The minimum atomic E-state index is -3.94. The van der Waals surface area contributed by atoms with Gasteiger partial charge in [0.15, 0.2) is 0 Å². The summed E-state index contributed by atoms with van der Waals surface area (Å²) in [4.78, 5) is 85.9. The molecule has 4 fully saturated rings. The number of allylic oxidation sites excluding steroid dienone is 1. The minimum absolute atomic E-state index is 0.0532. The lowest BCUT2D eigenvalue weighted by atomic mass is 10.0. The van der Waals surface area contributed by atoms with Crippen LogP contribution in [0, 0.1) is 5.92 Å². The number of amides is 6. The number of carbonyl (C=O) groups is 6. The number of benzene rings is 1. The first-order valence-corrected chi connectivity index (χ1v) is 23.1. The van der Waals surface area contributed by atoms with E-state index in [-0.39, 0.29) is 52.1 Å². The molecule has 3 N–H and O–H groups in total. The van der Waals surface area contributed by atoms with Crippen LogP contribution in [0.5, 0.6) is 5.75 Å². The van der Waals surface area contributed by atoms with E-state index >= 15 is 0 Å². The van der Waals surface area contributed by atoms with E-state index in [2.05, 4.69) is 15.4 Å². The Morgan fingerprint density at radius 3 is 2.45 bits per heavy atom. The normalized spacial score (nSPS) is 27.2. The van der Waals surface area contributed by atoms with Gasteiger partial charge in [0, 0.05) is 38.5 Å². The van der Waals surface area contributed by atoms with Crippen LogP contribution in [0.1, 0.15) is 89.7 Å². The lowest BCUT2D eigenvalue weighted by molar-refractivity contribution is -0.141. The van der Waals surface area contributed by atoms with Crippen LogP contribution >= 0.6 is 0 Å². The van der Waals surface area contributed by atoms with Gasteiger partial charge < -0.3 is 44.1 Å². The first-order valence-electron chi connectivity index (χ1n) is 21.6. The lowest BCUT2D eigenvalue weighted by Crippen LogP contribution is -2.58. The molecule has 5 atom stereocenters. The van der Waals surface area contributed by atoms with Crippen molar-refractivity contribution in [3.8, 4) is 5.75 Å². The second-order valence-corrected chi connectivity index (χ2v) is 19.8. The van der Waals surface area contributed by atoms with Gasteiger partial charge in [0.2, 0.25) is 21.8 Å². The van der Waals surface area contributed by atoms with Crippen LogP contribution in [0.4, 0.5) is 14.4 Å². The number of carbonyl (C=O) groups excluding carboxylic acids is 6. The van der Waals surface area contributed by atoms with E-state index < -0.39 is 86.5 Å². The van der Waals surface area contributed by atoms with Gasteiger partial charge in [-0.1, -0.05) is 31.1 Å². The highest BCUT2D eigenvalue weighted by atomic mass is 32.2. The molecule has 0 spiro atoms. The molecule has 2 aliphatic carbocycles. The third-order valence-corrected chi connectivity index (χ3v) is 13.6. The fraction of sp³-hybridized carbons (Fsp3) is 0.667. The third-order valence-electron chi connectivity index (χ3n) is 11.8. The van der Waals surface area contributed by atoms with E-state index in [9.17, 15) is 37.2 Å². The van der Waals surface area contributed by atoms with Crippen molar-refractivity contribution in [3.05, 3.63) is 41.5 Å². The molecule has 1 aromatic carbocycles. The number of alkyl carbamates (subject to hydrolysis) is 1. The molecule has 20 heteroatoms. The Bertz CT molecular complexity index is 2030. The highest BCUT2D eigenvalue weighted by Gasteiger charge is 2.62. The van der Waals surface area contributed by atoms with Crippen LogP contribution in [0.2, 0.25) is 0 Å². The van der Waals surface area contributed by atoms with Gasteiger partial charge in [-0.25, -0.2) is 22.8 Å². The molecule has 1 aromatic rings.